The molecule has 0 amide bonds. The first kappa shape index (κ1) is 12.3. The molecule has 0 saturated carbocycles. The SMILES string of the molecule is Cc1ccc(CNCc2ncc(C)s2)c(C)c1. The summed E-state index contributed by atoms with van der Waals surface area (Å²) in [5.41, 5.74) is 4.04. The molecule has 0 aliphatic rings. The molecule has 1 aromatic heterocycles. The Bertz CT molecular complexity index is 503. The highest BCUT2D eigenvalue weighted by atomic mass is 32.1. The molecular formula is C14H18N2S. The third-order valence-corrected chi connectivity index (χ3v) is 3.67. The molecule has 90 valence electrons. The van der Waals surface area contributed by atoms with Gasteiger partial charge < -0.3 is 5.32 Å². The van der Waals surface area contributed by atoms with Crippen molar-refractivity contribution in [2.75, 3.05) is 0 Å². The number of hydrogen-bond donors (Lipinski definition) is 1. The van der Waals surface area contributed by atoms with Gasteiger partial charge in [0.05, 0.1) is 0 Å². The van der Waals surface area contributed by atoms with Gasteiger partial charge in [-0.1, -0.05) is 23.8 Å². The number of aromatic nitrogens is 1. The fraction of sp³-hybridized carbons (Fsp3) is 0.357. The summed E-state index contributed by atoms with van der Waals surface area (Å²) in [6.07, 6.45) is 1.93. The second-order valence-electron chi connectivity index (χ2n) is 4.40. The molecule has 1 aromatic carbocycles. The van der Waals surface area contributed by atoms with Crippen LogP contribution in [0.2, 0.25) is 0 Å². The number of thiazole rings is 1. The van der Waals surface area contributed by atoms with Crippen LogP contribution in [0.15, 0.2) is 24.4 Å². The number of aryl methyl sites for hydroxylation is 3. The minimum atomic E-state index is 0.853. The lowest BCUT2D eigenvalue weighted by Crippen LogP contribution is -2.13. The van der Waals surface area contributed by atoms with E-state index in [4.69, 9.17) is 0 Å². The van der Waals surface area contributed by atoms with Gasteiger partial charge in [-0.15, -0.1) is 11.3 Å². The Morgan fingerprint density at radius 2 is 2.00 bits per heavy atom. The lowest BCUT2D eigenvalue weighted by atomic mass is 10.1. The molecule has 0 spiro atoms. The van der Waals surface area contributed by atoms with Crippen molar-refractivity contribution in [2.24, 2.45) is 0 Å². The van der Waals surface area contributed by atoms with Crippen LogP contribution in [0.1, 0.15) is 26.6 Å². The van der Waals surface area contributed by atoms with Crippen LogP contribution in [0, 0.1) is 20.8 Å². The highest BCUT2D eigenvalue weighted by Gasteiger charge is 2.00. The zero-order chi connectivity index (χ0) is 12.3. The van der Waals surface area contributed by atoms with Gasteiger partial charge in [0.2, 0.25) is 0 Å². The smallest absolute Gasteiger partial charge is 0.107 e. The van der Waals surface area contributed by atoms with Crippen LogP contribution in [-0.2, 0) is 13.1 Å². The Hall–Kier alpha value is -1.19. The minimum Gasteiger partial charge on any atom is -0.306 e. The summed E-state index contributed by atoms with van der Waals surface area (Å²) in [7, 11) is 0. The fourth-order valence-electron chi connectivity index (χ4n) is 1.83. The summed E-state index contributed by atoms with van der Waals surface area (Å²) in [6, 6.07) is 6.59. The standard InChI is InChI=1S/C14H18N2S/c1-10-4-5-13(11(2)6-10)8-15-9-14-16-7-12(3)17-14/h4-7,15H,8-9H2,1-3H3. The first-order chi connectivity index (χ1) is 8.15. The molecule has 1 N–H and O–H groups in total. The quantitative estimate of drug-likeness (QED) is 0.894. The van der Waals surface area contributed by atoms with Crippen molar-refractivity contribution in [2.45, 2.75) is 33.9 Å². The van der Waals surface area contributed by atoms with E-state index in [2.05, 4.69) is 49.3 Å². The number of nitrogens with zero attached hydrogens (tertiary/aromatic N) is 1. The van der Waals surface area contributed by atoms with E-state index in [1.54, 1.807) is 11.3 Å². The van der Waals surface area contributed by atoms with E-state index in [0.29, 0.717) is 0 Å². The maximum Gasteiger partial charge on any atom is 0.107 e. The van der Waals surface area contributed by atoms with E-state index >= 15 is 0 Å². The Morgan fingerprint density at radius 3 is 2.65 bits per heavy atom. The van der Waals surface area contributed by atoms with Gasteiger partial charge in [0.1, 0.15) is 5.01 Å². The maximum atomic E-state index is 4.34. The first-order valence-electron chi connectivity index (χ1n) is 5.83. The second-order valence-corrected chi connectivity index (χ2v) is 5.72. The van der Waals surface area contributed by atoms with Gasteiger partial charge in [-0.3, -0.25) is 0 Å². The third-order valence-electron chi connectivity index (χ3n) is 2.76. The van der Waals surface area contributed by atoms with E-state index in [1.165, 1.54) is 21.6 Å². The van der Waals surface area contributed by atoms with Crippen molar-refractivity contribution in [3.63, 3.8) is 0 Å². The van der Waals surface area contributed by atoms with Crippen LogP contribution in [0.3, 0.4) is 0 Å². The Kier molecular flexibility index (Phi) is 3.92. The number of rotatable bonds is 4. The van der Waals surface area contributed by atoms with Gasteiger partial charge in [-0.05, 0) is 31.9 Å². The van der Waals surface area contributed by atoms with E-state index in [9.17, 15) is 0 Å². The molecule has 0 unspecified atom stereocenters. The van der Waals surface area contributed by atoms with Gasteiger partial charge in [-0.2, -0.15) is 0 Å². The van der Waals surface area contributed by atoms with Gasteiger partial charge in [0, 0.05) is 24.2 Å². The van der Waals surface area contributed by atoms with Gasteiger partial charge in [-0.25, -0.2) is 4.98 Å². The minimum absolute atomic E-state index is 0.853. The van der Waals surface area contributed by atoms with Crippen molar-refractivity contribution in [3.05, 3.63) is 51.0 Å². The Morgan fingerprint density at radius 1 is 1.18 bits per heavy atom. The number of benzene rings is 1. The molecule has 17 heavy (non-hydrogen) atoms. The highest BCUT2D eigenvalue weighted by Crippen LogP contribution is 2.12. The molecule has 0 aliphatic heterocycles. The van der Waals surface area contributed by atoms with E-state index in [-0.39, 0.29) is 0 Å². The van der Waals surface area contributed by atoms with Crippen LogP contribution >= 0.6 is 11.3 Å². The molecule has 0 fully saturated rings. The van der Waals surface area contributed by atoms with Crippen molar-refractivity contribution >= 4 is 11.3 Å². The van der Waals surface area contributed by atoms with Crippen molar-refractivity contribution in [3.8, 4) is 0 Å². The lowest BCUT2D eigenvalue weighted by molar-refractivity contribution is 0.687. The molecule has 0 saturated heterocycles. The fourth-order valence-corrected chi connectivity index (χ4v) is 2.59. The monoisotopic (exact) mass is 246 g/mol. The molecule has 0 bridgehead atoms. The number of hydrogen-bond acceptors (Lipinski definition) is 3. The maximum absolute atomic E-state index is 4.34. The van der Waals surface area contributed by atoms with Crippen molar-refractivity contribution < 1.29 is 0 Å². The zero-order valence-corrected chi connectivity index (χ0v) is 11.4. The average molecular weight is 246 g/mol. The van der Waals surface area contributed by atoms with Gasteiger partial charge in [0.25, 0.3) is 0 Å². The predicted molar refractivity (Wildman–Crippen MR) is 73.3 cm³/mol. The summed E-state index contributed by atoms with van der Waals surface area (Å²) in [4.78, 5) is 5.61. The molecule has 1 heterocycles. The van der Waals surface area contributed by atoms with E-state index in [0.717, 1.165) is 18.1 Å². The summed E-state index contributed by atoms with van der Waals surface area (Å²) in [5.74, 6) is 0. The highest BCUT2D eigenvalue weighted by molar-refractivity contribution is 7.11. The zero-order valence-electron chi connectivity index (χ0n) is 10.6. The number of nitrogens with one attached hydrogen (secondary N) is 1. The third kappa shape index (κ3) is 3.38. The molecule has 2 aromatic rings. The Labute approximate surface area is 107 Å². The molecule has 0 atom stereocenters. The van der Waals surface area contributed by atoms with Crippen molar-refractivity contribution in [1.29, 1.82) is 0 Å². The van der Waals surface area contributed by atoms with Gasteiger partial charge in [0.15, 0.2) is 0 Å². The normalized spacial score (nSPS) is 10.8. The average Bonchev–Trinajstić information content (AvgIpc) is 2.68. The first-order valence-corrected chi connectivity index (χ1v) is 6.65. The van der Waals surface area contributed by atoms with Crippen LogP contribution < -0.4 is 5.32 Å². The Balaban J connectivity index is 1.90. The molecule has 0 aliphatic carbocycles. The molecule has 0 radical (unpaired) electrons. The largest absolute Gasteiger partial charge is 0.306 e. The van der Waals surface area contributed by atoms with E-state index < -0.39 is 0 Å². The summed E-state index contributed by atoms with van der Waals surface area (Å²) in [5, 5.41) is 4.60. The van der Waals surface area contributed by atoms with Crippen LogP contribution in [-0.4, -0.2) is 4.98 Å². The van der Waals surface area contributed by atoms with Crippen molar-refractivity contribution in [1.82, 2.24) is 10.3 Å². The summed E-state index contributed by atoms with van der Waals surface area (Å²) in [6.45, 7) is 8.14. The topological polar surface area (TPSA) is 24.9 Å². The van der Waals surface area contributed by atoms with E-state index in [1.807, 2.05) is 6.20 Å². The van der Waals surface area contributed by atoms with Crippen LogP contribution in [0.5, 0.6) is 0 Å². The van der Waals surface area contributed by atoms with Crippen LogP contribution in [0.4, 0.5) is 0 Å². The summed E-state index contributed by atoms with van der Waals surface area (Å²) < 4.78 is 0. The summed E-state index contributed by atoms with van der Waals surface area (Å²) >= 11 is 1.76. The second kappa shape index (κ2) is 5.43. The van der Waals surface area contributed by atoms with Gasteiger partial charge >= 0.3 is 0 Å². The predicted octanol–water partition coefficient (Wildman–Crippen LogP) is 3.36. The van der Waals surface area contributed by atoms with Crippen LogP contribution in [0.25, 0.3) is 0 Å². The molecular weight excluding hydrogens is 228 g/mol. The molecule has 3 heteroatoms. The molecule has 2 rings (SSSR count). The lowest BCUT2D eigenvalue weighted by Gasteiger charge is -2.07. The molecule has 2 nitrogen and oxygen atoms in total.